The van der Waals surface area contributed by atoms with Crippen LogP contribution in [-0.2, 0) is 4.74 Å². The Balaban J connectivity index is 0.000000261. The molecule has 1 rings (SSSR count). The first-order chi connectivity index (χ1) is 5.52. The molecule has 74 valence electrons. The third-order valence-corrected chi connectivity index (χ3v) is 1.33. The molecule has 1 N–H and O–H groups in total. The molecule has 2 heteroatoms. The molecule has 0 bridgehead atoms. The molecular formula is C10H23NO. The van der Waals surface area contributed by atoms with Gasteiger partial charge in [-0.05, 0) is 19.8 Å². The van der Waals surface area contributed by atoms with Gasteiger partial charge in [-0.25, -0.2) is 0 Å². The molecule has 0 aromatic carbocycles. The molecule has 1 aliphatic heterocycles. The molecule has 0 aromatic rings. The zero-order chi connectivity index (χ0) is 9.56. The van der Waals surface area contributed by atoms with Gasteiger partial charge in [0.1, 0.15) is 0 Å². The van der Waals surface area contributed by atoms with E-state index in [1.54, 1.807) is 0 Å². The summed E-state index contributed by atoms with van der Waals surface area (Å²) in [6.45, 7) is 12.7. The van der Waals surface area contributed by atoms with Gasteiger partial charge in [0.15, 0.2) is 0 Å². The molecule has 1 saturated heterocycles. The van der Waals surface area contributed by atoms with Gasteiger partial charge in [-0.1, -0.05) is 20.8 Å². The van der Waals surface area contributed by atoms with Gasteiger partial charge in [-0.15, -0.1) is 0 Å². The number of ether oxygens (including phenoxy) is 1. The van der Waals surface area contributed by atoms with E-state index in [2.05, 4.69) is 39.9 Å². The van der Waals surface area contributed by atoms with Crippen molar-refractivity contribution in [1.29, 1.82) is 0 Å². The molecule has 2 atom stereocenters. The Morgan fingerprint density at radius 2 is 1.42 bits per heavy atom. The van der Waals surface area contributed by atoms with E-state index in [-0.39, 0.29) is 0 Å². The quantitative estimate of drug-likeness (QED) is 0.605. The van der Waals surface area contributed by atoms with Crippen molar-refractivity contribution in [3.05, 3.63) is 0 Å². The topological polar surface area (TPSA) is 21.3 Å². The third kappa shape index (κ3) is 8.02. The van der Waals surface area contributed by atoms with Crippen molar-refractivity contribution in [1.82, 2.24) is 5.32 Å². The smallest absolute Gasteiger partial charge is 0.0675 e. The Morgan fingerprint density at radius 3 is 1.58 bits per heavy atom. The molecule has 0 saturated carbocycles. The highest BCUT2D eigenvalue weighted by Gasteiger charge is 2.12. The van der Waals surface area contributed by atoms with Crippen LogP contribution in [0.4, 0.5) is 0 Å². The lowest BCUT2D eigenvalue weighted by Gasteiger charge is -2.25. The highest BCUT2D eigenvalue weighted by Crippen LogP contribution is 2.00. The van der Waals surface area contributed by atoms with Crippen molar-refractivity contribution in [3.8, 4) is 0 Å². The predicted molar refractivity (Wildman–Crippen MR) is 53.4 cm³/mol. The maximum absolute atomic E-state index is 5.42. The van der Waals surface area contributed by atoms with Gasteiger partial charge in [0.05, 0.1) is 12.2 Å². The molecule has 0 radical (unpaired) electrons. The summed E-state index contributed by atoms with van der Waals surface area (Å²) in [4.78, 5) is 0. The molecule has 2 unspecified atom stereocenters. The van der Waals surface area contributed by atoms with E-state index in [0.29, 0.717) is 12.2 Å². The second-order valence-electron chi connectivity index (χ2n) is 4.15. The Kier molecular flexibility index (Phi) is 6.39. The van der Waals surface area contributed by atoms with E-state index in [1.807, 2.05) is 0 Å². The summed E-state index contributed by atoms with van der Waals surface area (Å²) >= 11 is 0. The summed E-state index contributed by atoms with van der Waals surface area (Å²) in [6.07, 6.45) is 0.803. The summed E-state index contributed by atoms with van der Waals surface area (Å²) in [5.74, 6) is 0.833. The lowest BCUT2D eigenvalue weighted by atomic mass is 10.3. The van der Waals surface area contributed by atoms with Crippen LogP contribution in [-0.4, -0.2) is 25.3 Å². The van der Waals surface area contributed by atoms with Crippen LogP contribution in [0.15, 0.2) is 0 Å². The van der Waals surface area contributed by atoms with Crippen LogP contribution in [0.5, 0.6) is 0 Å². The van der Waals surface area contributed by atoms with E-state index in [4.69, 9.17) is 4.74 Å². The molecular weight excluding hydrogens is 150 g/mol. The lowest BCUT2D eigenvalue weighted by molar-refractivity contribution is -0.0166. The highest BCUT2D eigenvalue weighted by molar-refractivity contribution is 4.66. The first kappa shape index (κ1) is 11.9. The molecule has 2 nitrogen and oxygen atoms in total. The molecule has 1 fully saturated rings. The van der Waals surface area contributed by atoms with Gasteiger partial charge in [0, 0.05) is 13.1 Å². The van der Waals surface area contributed by atoms with Crippen LogP contribution in [0, 0.1) is 5.92 Å². The van der Waals surface area contributed by atoms with E-state index in [1.165, 1.54) is 0 Å². The number of hydrogen-bond donors (Lipinski definition) is 1. The predicted octanol–water partition coefficient (Wildman–Crippen LogP) is 2.05. The van der Waals surface area contributed by atoms with Crippen LogP contribution < -0.4 is 5.32 Å². The van der Waals surface area contributed by atoms with E-state index in [9.17, 15) is 0 Å². The number of morpholine rings is 1. The minimum absolute atomic E-state index is 0.402. The van der Waals surface area contributed by atoms with E-state index >= 15 is 0 Å². The van der Waals surface area contributed by atoms with Crippen molar-refractivity contribution in [2.45, 2.75) is 46.8 Å². The van der Waals surface area contributed by atoms with Crippen LogP contribution in [0.1, 0.15) is 34.6 Å². The molecule has 0 aromatic heterocycles. The Labute approximate surface area is 76.7 Å². The number of rotatable bonds is 0. The van der Waals surface area contributed by atoms with Crippen molar-refractivity contribution in [2.75, 3.05) is 13.1 Å². The Hall–Kier alpha value is -0.0800. The average molecular weight is 173 g/mol. The van der Waals surface area contributed by atoms with Crippen LogP contribution in [0.25, 0.3) is 0 Å². The minimum Gasteiger partial charge on any atom is -0.373 e. The monoisotopic (exact) mass is 173 g/mol. The first-order valence-corrected chi connectivity index (χ1v) is 4.88. The molecule has 0 amide bonds. The normalized spacial score (nSPS) is 29.5. The number of nitrogens with one attached hydrogen (secondary N) is 1. The van der Waals surface area contributed by atoms with E-state index < -0.39 is 0 Å². The SMILES string of the molecule is CC(C)C.CC1CNCC(C)O1. The summed E-state index contributed by atoms with van der Waals surface area (Å²) < 4.78 is 5.42. The fourth-order valence-electron chi connectivity index (χ4n) is 0.983. The number of hydrogen-bond acceptors (Lipinski definition) is 2. The van der Waals surface area contributed by atoms with Crippen molar-refractivity contribution >= 4 is 0 Å². The standard InChI is InChI=1S/C6H13NO.C4H10/c1-5-3-7-4-6(2)8-5;1-4(2)3/h5-7H,3-4H2,1-2H3;4H,1-3H3. The summed E-state index contributed by atoms with van der Waals surface area (Å²) in [5, 5.41) is 3.26. The lowest BCUT2D eigenvalue weighted by Crippen LogP contribution is -2.41. The van der Waals surface area contributed by atoms with Crippen LogP contribution in [0.3, 0.4) is 0 Å². The molecule has 0 spiro atoms. The second kappa shape index (κ2) is 6.44. The fraction of sp³-hybridized carbons (Fsp3) is 1.00. The maximum atomic E-state index is 5.42. The van der Waals surface area contributed by atoms with Gasteiger partial charge in [-0.3, -0.25) is 0 Å². The van der Waals surface area contributed by atoms with Crippen LogP contribution >= 0.6 is 0 Å². The summed E-state index contributed by atoms with van der Waals surface area (Å²) in [5.41, 5.74) is 0. The van der Waals surface area contributed by atoms with Crippen molar-refractivity contribution < 1.29 is 4.74 Å². The van der Waals surface area contributed by atoms with Crippen LogP contribution in [0.2, 0.25) is 0 Å². The molecule has 1 heterocycles. The molecule has 12 heavy (non-hydrogen) atoms. The van der Waals surface area contributed by atoms with Gasteiger partial charge >= 0.3 is 0 Å². The van der Waals surface area contributed by atoms with Crippen molar-refractivity contribution in [2.24, 2.45) is 5.92 Å². The third-order valence-electron chi connectivity index (χ3n) is 1.33. The zero-order valence-electron chi connectivity index (χ0n) is 9.05. The summed E-state index contributed by atoms with van der Waals surface area (Å²) in [6, 6.07) is 0. The highest BCUT2D eigenvalue weighted by atomic mass is 16.5. The molecule has 1 aliphatic rings. The minimum atomic E-state index is 0.402. The van der Waals surface area contributed by atoms with Gasteiger partial charge in [0.2, 0.25) is 0 Å². The van der Waals surface area contributed by atoms with E-state index in [0.717, 1.165) is 19.0 Å². The Morgan fingerprint density at radius 1 is 1.08 bits per heavy atom. The second-order valence-corrected chi connectivity index (χ2v) is 4.15. The van der Waals surface area contributed by atoms with Gasteiger partial charge in [0.25, 0.3) is 0 Å². The summed E-state index contributed by atoms with van der Waals surface area (Å²) in [7, 11) is 0. The van der Waals surface area contributed by atoms with Gasteiger partial charge in [-0.2, -0.15) is 0 Å². The molecule has 0 aliphatic carbocycles. The average Bonchev–Trinajstić information content (AvgIpc) is 1.84. The zero-order valence-corrected chi connectivity index (χ0v) is 9.05. The maximum Gasteiger partial charge on any atom is 0.0675 e. The Bertz CT molecular complexity index is 93.3. The largest absolute Gasteiger partial charge is 0.373 e. The first-order valence-electron chi connectivity index (χ1n) is 4.88. The van der Waals surface area contributed by atoms with Crippen molar-refractivity contribution in [3.63, 3.8) is 0 Å². The fourth-order valence-corrected chi connectivity index (χ4v) is 0.983. The van der Waals surface area contributed by atoms with Gasteiger partial charge < -0.3 is 10.1 Å².